The molecule has 4 heterocycles. The third-order valence-electron chi connectivity index (χ3n) is 6.52. The number of aliphatic hydroxyl groups is 1. The van der Waals surface area contributed by atoms with Crippen LogP contribution in [0.25, 0.3) is 55.7 Å². The van der Waals surface area contributed by atoms with Crippen LogP contribution in [-0.2, 0) is 30.3 Å². The van der Waals surface area contributed by atoms with Crippen LogP contribution >= 0.6 is 0 Å². The zero-order chi connectivity index (χ0) is 28.6. The zero-order valence-electron chi connectivity index (χ0n) is 23.8. The maximum Gasteiger partial charge on any atom is 0.217 e. The Morgan fingerprint density at radius 1 is 0.902 bits per heavy atom. The van der Waals surface area contributed by atoms with Crippen molar-refractivity contribution >= 4 is 39.0 Å². The van der Waals surface area contributed by atoms with Gasteiger partial charge in [-0.3, -0.25) is 9.78 Å². The summed E-state index contributed by atoms with van der Waals surface area (Å²) in [6, 6.07) is 25.9. The minimum absolute atomic E-state index is 0. The molecule has 6 rings (SSSR count). The number of aromatic nitrogens is 2. The Morgan fingerprint density at radius 3 is 2.27 bits per heavy atom. The molecule has 0 atom stereocenters. The fraction of sp³-hybridized carbons (Fsp3) is 0.206. The number of carbonyl (C=O) groups excluding carboxylic acids is 1. The van der Waals surface area contributed by atoms with E-state index in [4.69, 9.17) is 18.9 Å². The van der Waals surface area contributed by atoms with Crippen molar-refractivity contribution < 1.29 is 38.8 Å². The maximum atomic E-state index is 10.0. The molecule has 0 spiro atoms. The molecule has 0 bridgehead atoms. The van der Waals surface area contributed by atoms with Gasteiger partial charge in [-0.1, -0.05) is 68.1 Å². The molecule has 41 heavy (non-hydrogen) atoms. The van der Waals surface area contributed by atoms with Gasteiger partial charge >= 0.3 is 0 Å². The Hall–Kier alpha value is -4.06. The molecule has 1 N–H and O–H groups in total. The van der Waals surface area contributed by atoms with Gasteiger partial charge in [-0.2, -0.15) is 0 Å². The number of carbonyl (C=O) groups is 1. The number of benzene rings is 2. The van der Waals surface area contributed by atoms with Gasteiger partial charge in [0.2, 0.25) is 11.4 Å². The summed E-state index contributed by atoms with van der Waals surface area (Å²) in [7, 11) is 0. The molecule has 6 aromatic rings. The van der Waals surface area contributed by atoms with Crippen molar-refractivity contribution in [2.45, 2.75) is 47.0 Å². The average Bonchev–Trinajstić information content (AvgIpc) is 3.48. The number of furan rings is 2. The van der Waals surface area contributed by atoms with Crippen LogP contribution in [0.3, 0.4) is 0 Å². The van der Waals surface area contributed by atoms with E-state index in [-0.39, 0.29) is 37.1 Å². The summed E-state index contributed by atoms with van der Waals surface area (Å²) in [6.07, 6.45) is 1.17. The molecular formula is C34H31IrN2O4-. The average molecular weight is 724 g/mol. The number of nitrogens with zero attached hydrogens (tertiary/aromatic N) is 2. The van der Waals surface area contributed by atoms with Crippen molar-refractivity contribution in [2.75, 3.05) is 0 Å². The van der Waals surface area contributed by atoms with Gasteiger partial charge in [-0.05, 0) is 55.6 Å². The second kappa shape index (κ2) is 11.8. The second-order valence-corrected chi connectivity index (χ2v) is 10.9. The van der Waals surface area contributed by atoms with Gasteiger partial charge in [0.25, 0.3) is 0 Å². The largest absolute Gasteiger partial charge is 0.512 e. The van der Waals surface area contributed by atoms with Crippen LogP contribution in [-0.4, -0.2) is 20.9 Å². The molecule has 4 aromatic heterocycles. The van der Waals surface area contributed by atoms with Crippen molar-refractivity contribution in [1.29, 1.82) is 0 Å². The van der Waals surface area contributed by atoms with Gasteiger partial charge in [-0.15, -0.1) is 18.2 Å². The Morgan fingerprint density at radius 2 is 1.63 bits per heavy atom. The van der Waals surface area contributed by atoms with Crippen molar-refractivity contribution in [2.24, 2.45) is 0 Å². The van der Waals surface area contributed by atoms with Gasteiger partial charge in [0, 0.05) is 48.2 Å². The van der Waals surface area contributed by atoms with E-state index in [0.29, 0.717) is 11.4 Å². The molecule has 7 heteroatoms. The van der Waals surface area contributed by atoms with Crippen LogP contribution in [0.1, 0.15) is 45.9 Å². The number of fused-ring (bicyclic) bond motifs is 4. The second-order valence-electron chi connectivity index (χ2n) is 10.9. The minimum atomic E-state index is -0.125. The first kappa shape index (κ1) is 29.9. The third kappa shape index (κ3) is 6.48. The molecule has 0 aliphatic rings. The van der Waals surface area contributed by atoms with E-state index in [1.807, 2.05) is 49.4 Å². The predicted octanol–water partition coefficient (Wildman–Crippen LogP) is 8.90. The first-order chi connectivity index (χ1) is 19.0. The predicted molar refractivity (Wildman–Crippen MR) is 159 cm³/mol. The summed E-state index contributed by atoms with van der Waals surface area (Å²) in [5.74, 6) is 0.744. The molecule has 0 aliphatic carbocycles. The van der Waals surface area contributed by atoms with Gasteiger partial charge in [0.1, 0.15) is 5.76 Å². The van der Waals surface area contributed by atoms with E-state index in [1.54, 1.807) is 0 Å². The Kier molecular flexibility index (Phi) is 8.62. The molecule has 6 nitrogen and oxygen atoms in total. The molecule has 0 aliphatic heterocycles. The molecule has 0 fully saturated rings. The molecule has 0 amide bonds. The van der Waals surface area contributed by atoms with Gasteiger partial charge < -0.3 is 13.9 Å². The standard InChI is InChI=1S/C29H23N2O2.C5H8O2.Ir/c1-17-8-14-22-21-6-5-7-23(26(21)33-28(22)30-17)24-15-11-19-16-25(32-27(19)31-24)18-9-12-20(13-10-18)29(2,3)4;1-4(6)3-5(2)7;/h5-6,8-16H,1-4H3;3,6H,1-2H3;/q-1;;/b;4-3-;. The van der Waals surface area contributed by atoms with E-state index in [0.717, 1.165) is 50.0 Å². The number of allylic oxidation sites excluding steroid dienone is 2. The van der Waals surface area contributed by atoms with Crippen molar-refractivity contribution in [3.63, 3.8) is 0 Å². The number of hydrogen-bond donors (Lipinski definition) is 1. The summed E-state index contributed by atoms with van der Waals surface area (Å²) >= 11 is 0. The number of pyridine rings is 2. The van der Waals surface area contributed by atoms with E-state index in [9.17, 15) is 4.79 Å². The number of hydrogen-bond acceptors (Lipinski definition) is 6. The van der Waals surface area contributed by atoms with E-state index in [2.05, 4.69) is 56.1 Å². The van der Waals surface area contributed by atoms with Gasteiger partial charge in [-0.25, -0.2) is 4.98 Å². The summed E-state index contributed by atoms with van der Waals surface area (Å²) in [5.41, 5.74) is 6.89. The van der Waals surface area contributed by atoms with Crippen LogP contribution in [0.4, 0.5) is 0 Å². The Labute approximate surface area is 252 Å². The first-order valence-corrected chi connectivity index (χ1v) is 13.1. The van der Waals surface area contributed by atoms with E-state index >= 15 is 0 Å². The molecule has 0 saturated carbocycles. The number of aliphatic hydroxyl groups excluding tert-OH is 1. The summed E-state index contributed by atoms with van der Waals surface area (Å²) < 4.78 is 12.3. The van der Waals surface area contributed by atoms with Crippen LogP contribution < -0.4 is 0 Å². The first-order valence-electron chi connectivity index (χ1n) is 13.1. The van der Waals surface area contributed by atoms with Gasteiger partial charge in [0.15, 0.2) is 5.78 Å². The molecule has 2 aromatic carbocycles. The summed E-state index contributed by atoms with van der Waals surface area (Å²) in [4.78, 5) is 19.4. The molecular weight excluding hydrogens is 693 g/mol. The van der Waals surface area contributed by atoms with Crippen molar-refractivity contribution in [3.8, 4) is 22.6 Å². The molecule has 0 unspecified atom stereocenters. The topological polar surface area (TPSA) is 89.4 Å². The maximum absolute atomic E-state index is 10.0. The number of aryl methyl sites for hydroxylation is 1. The number of ketones is 1. The van der Waals surface area contributed by atoms with Crippen molar-refractivity contribution in [3.05, 3.63) is 95.9 Å². The van der Waals surface area contributed by atoms with Crippen LogP contribution in [0.5, 0.6) is 0 Å². The molecule has 0 saturated heterocycles. The number of rotatable bonds is 3. The summed E-state index contributed by atoms with van der Waals surface area (Å²) in [5, 5.41) is 11.3. The normalized spacial score (nSPS) is 11.8. The summed E-state index contributed by atoms with van der Waals surface area (Å²) in [6.45, 7) is 11.4. The molecule has 1 radical (unpaired) electrons. The smallest absolute Gasteiger partial charge is 0.217 e. The Balaban J connectivity index is 0.000000434. The zero-order valence-corrected chi connectivity index (χ0v) is 26.2. The fourth-order valence-corrected chi connectivity index (χ4v) is 4.53. The van der Waals surface area contributed by atoms with E-state index in [1.165, 1.54) is 25.5 Å². The van der Waals surface area contributed by atoms with E-state index < -0.39 is 0 Å². The van der Waals surface area contributed by atoms with Crippen LogP contribution in [0.15, 0.2) is 87.4 Å². The van der Waals surface area contributed by atoms with Crippen LogP contribution in [0, 0.1) is 13.0 Å². The molecule has 211 valence electrons. The van der Waals surface area contributed by atoms with Crippen molar-refractivity contribution in [1.82, 2.24) is 9.97 Å². The van der Waals surface area contributed by atoms with Crippen LogP contribution in [0.2, 0.25) is 0 Å². The Bertz CT molecular complexity index is 1890. The SMILES string of the molecule is CC(=O)/C=C(/C)O.Cc1ccc2c(n1)oc1c(-c3ccc4cc(-c5ccc(C(C)(C)C)cc5)oc4n3)[c-]ccc12.[Ir]. The third-order valence-corrected chi connectivity index (χ3v) is 6.52. The fourth-order valence-electron chi connectivity index (χ4n) is 4.53. The minimum Gasteiger partial charge on any atom is -0.512 e. The monoisotopic (exact) mass is 724 g/mol. The quantitative estimate of drug-likeness (QED) is 0.112. The van der Waals surface area contributed by atoms with Gasteiger partial charge in [0.05, 0.1) is 11.3 Å².